The van der Waals surface area contributed by atoms with Crippen LogP contribution in [0.25, 0.3) is 0 Å². The highest BCUT2D eigenvalue weighted by Crippen LogP contribution is 2.13. The maximum Gasteiger partial charge on any atom is 0.240 e. The van der Waals surface area contributed by atoms with Crippen LogP contribution < -0.4 is 4.72 Å². The predicted molar refractivity (Wildman–Crippen MR) is 67.6 cm³/mol. The summed E-state index contributed by atoms with van der Waals surface area (Å²) >= 11 is 0. The van der Waals surface area contributed by atoms with E-state index in [2.05, 4.69) is 4.72 Å². The van der Waals surface area contributed by atoms with Gasteiger partial charge in [-0.15, -0.1) is 0 Å². The van der Waals surface area contributed by atoms with E-state index >= 15 is 0 Å². The minimum absolute atomic E-state index is 0.0193. The number of benzene rings is 1. The molecular formula is C10H15NO5S2. The topological polar surface area (TPSA) is 101 Å². The molecule has 1 aromatic rings. The van der Waals surface area contributed by atoms with E-state index in [1.54, 1.807) is 0 Å². The normalized spacial score (nSPS) is 12.5. The van der Waals surface area contributed by atoms with Crippen LogP contribution >= 0.6 is 0 Å². The summed E-state index contributed by atoms with van der Waals surface area (Å²) in [4.78, 5) is -0.0193. The summed E-state index contributed by atoms with van der Waals surface area (Å²) < 4.78 is 48.1. The molecule has 0 bridgehead atoms. The number of sulfone groups is 1. The summed E-state index contributed by atoms with van der Waals surface area (Å²) in [5, 5.41) is 9.04. The number of hydrogen-bond donors (Lipinski definition) is 2. The van der Waals surface area contributed by atoms with Gasteiger partial charge in [-0.05, 0) is 24.3 Å². The lowest BCUT2D eigenvalue weighted by molar-refractivity contribution is 0.474. The maximum absolute atomic E-state index is 11.7. The number of hydrogen-bond acceptors (Lipinski definition) is 5. The zero-order valence-electron chi connectivity index (χ0n) is 9.83. The molecule has 6 nitrogen and oxygen atoms in total. The van der Waals surface area contributed by atoms with Gasteiger partial charge in [0.1, 0.15) is 5.75 Å². The lowest BCUT2D eigenvalue weighted by atomic mass is 10.3. The minimum atomic E-state index is -3.73. The van der Waals surface area contributed by atoms with Crippen LogP contribution in [0.3, 0.4) is 0 Å². The van der Waals surface area contributed by atoms with Gasteiger partial charge in [-0.3, -0.25) is 0 Å². The molecule has 0 unspecified atom stereocenters. The van der Waals surface area contributed by atoms with Crippen LogP contribution in [-0.2, 0) is 19.9 Å². The molecule has 102 valence electrons. The number of aromatic hydroxyl groups is 1. The molecule has 0 aliphatic rings. The number of rotatable bonds is 6. The standard InChI is InChI=1S/C10H15NO5S2/c1-2-17(13,14)8-7-11-18(15,16)10-5-3-9(12)4-6-10/h3-6,11-12H,2,7-8H2,1H3. The second-order valence-corrected chi connectivity index (χ2v) is 7.87. The van der Waals surface area contributed by atoms with E-state index in [0.29, 0.717) is 0 Å². The van der Waals surface area contributed by atoms with E-state index in [1.807, 2.05) is 0 Å². The highest BCUT2D eigenvalue weighted by atomic mass is 32.2. The van der Waals surface area contributed by atoms with E-state index in [9.17, 15) is 16.8 Å². The third kappa shape index (κ3) is 4.28. The monoisotopic (exact) mass is 293 g/mol. The van der Waals surface area contributed by atoms with Gasteiger partial charge in [0.2, 0.25) is 10.0 Å². The molecule has 0 aromatic heterocycles. The van der Waals surface area contributed by atoms with Crippen molar-refractivity contribution in [3.05, 3.63) is 24.3 Å². The van der Waals surface area contributed by atoms with Crippen molar-refractivity contribution in [2.24, 2.45) is 0 Å². The average Bonchev–Trinajstić information content (AvgIpc) is 2.29. The molecule has 0 heterocycles. The Labute approximate surface area is 107 Å². The molecule has 18 heavy (non-hydrogen) atoms. The molecule has 8 heteroatoms. The highest BCUT2D eigenvalue weighted by Gasteiger charge is 2.15. The first kappa shape index (κ1) is 14.9. The van der Waals surface area contributed by atoms with Crippen molar-refractivity contribution in [1.29, 1.82) is 0 Å². The summed E-state index contributed by atoms with van der Waals surface area (Å²) in [5.41, 5.74) is 0. The molecule has 0 aliphatic carbocycles. The highest BCUT2D eigenvalue weighted by molar-refractivity contribution is 7.91. The molecule has 0 aliphatic heterocycles. The molecule has 0 saturated heterocycles. The molecule has 0 atom stereocenters. The Hall–Kier alpha value is -1.12. The summed E-state index contributed by atoms with van der Waals surface area (Å²) in [6.45, 7) is 1.34. The fourth-order valence-electron chi connectivity index (χ4n) is 1.18. The second-order valence-electron chi connectivity index (χ2n) is 3.63. The number of nitrogens with one attached hydrogen (secondary N) is 1. The summed E-state index contributed by atoms with van der Waals surface area (Å²) in [5.74, 6) is -0.295. The first-order chi connectivity index (χ1) is 8.27. The molecule has 1 rings (SSSR count). The van der Waals surface area contributed by atoms with Gasteiger partial charge in [-0.1, -0.05) is 6.92 Å². The van der Waals surface area contributed by atoms with Crippen molar-refractivity contribution in [1.82, 2.24) is 4.72 Å². The summed E-state index contributed by atoms with van der Waals surface area (Å²) in [6, 6.07) is 4.98. The van der Waals surface area contributed by atoms with Gasteiger partial charge in [-0.2, -0.15) is 0 Å². The van der Waals surface area contributed by atoms with E-state index in [0.717, 1.165) is 0 Å². The van der Waals surface area contributed by atoms with Crippen molar-refractivity contribution >= 4 is 19.9 Å². The van der Waals surface area contributed by atoms with Gasteiger partial charge in [-0.25, -0.2) is 21.6 Å². The zero-order chi connectivity index (χ0) is 13.8. The molecule has 0 radical (unpaired) electrons. The Bertz CT molecular complexity index is 590. The third-order valence-electron chi connectivity index (χ3n) is 2.29. The van der Waals surface area contributed by atoms with Crippen molar-refractivity contribution in [3.8, 4) is 5.75 Å². The van der Waals surface area contributed by atoms with E-state index in [-0.39, 0.29) is 28.7 Å². The first-order valence-electron chi connectivity index (χ1n) is 5.26. The quantitative estimate of drug-likeness (QED) is 0.775. The second kappa shape index (κ2) is 5.68. The molecule has 2 N–H and O–H groups in total. The van der Waals surface area contributed by atoms with Gasteiger partial charge in [0, 0.05) is 12.3 Å². The lowest BCUT2D eigenvalue weighted by Gasteiger charge is -2.06. The largest absolute Gasteiger partial charge is 0.508 e. The van der Waals surface area contributed by atoms with Crippen molar-refractivity contribution in [3.63, 3.8) is 0 Å². The van der Waals surface area contributed by atoms with Crippen LogP contribution in [0.1, 0.15) is 6.92 Å². The van der Waals surface area contributed by atoms with E-state index in [4.69, 9.17) is 5.11 Å². The minimum Gasteiger partial charge on any atom is -0.508 e. The Balaban J connectivity index is 2.69. The van der Waals surface area contributed by atoms with Gasteiger partial charge in [0.25, 0.3) is 0 Å². The Morgan fingerprint density at radius 2 is 1.67 bits per heavy atom. The van der Waals surface area contributed by atoms with Crippen LogP contribution in [-0.4, -0.2) is 40.0 Å². The van der Waals surface area contributed by atoms with E-state index in [1.165, 1.54) is 31.2 Å². The Morgan fingerprint density at radius 1 is 1.11 bits per heavy atom. The van der Waals surface area contributed by atoms with Gasteiger partial charge < -0.3 is 5.11 Å². The van der Waals surface area contributed by atoms with Crippen molar-refractivity contribution in [2.75, 3.05) is 18.1 Å². The van der Waals surface area contributed by atoms with Crippen LogP contribution in [0, 0.1) is 0 Å². The van der Waals surface area contributed by atoms with Crippen LogP contribution in [0.15, 0.2) is 29.2 Å². The first-order valence-corrected chi connectivity index (χ1v) is 8.56. The molecule has 1 aromatic carbocycles. The Kier molecular flexibility index (Phi) is 4.71. The van der Waals surface area contributed by atoms with E-state index < -0.39 is 19.9 Å². The smallest absolute Gasteiger partial charge is 0.240 e. The van der Waals surface area contributed by atoms with Crippen LogP contribution in [0.5, 0.6) is 5.75 Å². The molecule has 0 spiro atoms. The van der Waals surface area contributed by atoms with Gasteiger partial charge in [0.05, 0.1) is 10.6 Å². The third-order valence-corrected chi connectivity index (χ3v) is 5.47. The fraction of sp³-hybridized carbons (Fsp3) is 0.400. The molecule has 0 fully saturated rings. The molecule has 0 amide bonds. The van der Waals surface area contributed by atoms with Crippen molar-refractivity contribution < 1.29 is 21.9 Å². The van der Waals surface area contributed by atoms with Gasteiger partial charge >= 0.3 is 0 Å². The number of sulfonamides is 1. The SMILES string of the molecule is CCS(=O)(=O)CCNS(=O)(=O)c1ccc(O)cc1. The van der Waals surface area contributed by atoms with Gasteiger partial charge in [0.15, 0.2) is 9.84 Å². The summed E-state index contributed by atoms with van der Waals surface area (Å²) in [7, 11) is -6.93. The number of phenolic OH excluding ortho intramolecular Hbond substituents is 1. The average molecular weight is 293 g/mol. The zero-order valence-corrected chi connectivity index (χ0v) is 11.5. The fourth-order valence-corrected chi connectivity index (χ4v) is 3.05. The van der Waals surface area contributed by atoms with Crippen LogP contribution in [0.4, 0.5) is 0 Å². The lowest BCUT2D eigenvalue weighted by Crippen LogP contribution is -2.29. The summed E-state index contributed by atoms with van der Waals surface area (Å²) in [6.07, 6.45) is 0. The molecule has 0 saturated carbocycles. The van der Waals surface area contributed by atoms with Crippen molar-refractivity contribution in [2.45, 2.75) is 11.8 Å². The molecular weight excluding hydrogens is 278 g/mol. The Morgan fingerprint density at radius 3 is 2.17 bits per heavy atom. The van der Waals surface area contributed by atoms with Crippen LogP contribution in [0.2, 0.25) is 0 Å². The predicted octanol–water partition coefficient (Wildman–Crippen LogP) is 0.105. The maximum atomic E-state index is 11.7. The number of phenols is 1.